The van der Waals surface area contributed by atoms with Gasteiger partial charge in [0.15, 0.2) is 0 Å². The molecule has 82 valence electrons. The summed E-state index contributed by atoms with van der Waals surface area (Å²) in [6.45, 7) is 0.314. The van der Waals surface area contributed by atoms with Crippen LogP contribution in [0.1, 0.15) is 25.7 Å². The summed E-state index contributed by atoms with van der Waals surface area (Å²) in [5, 5.41) is 9.37. The largest absolute Gasteiger partial charge is 0.481 e. The lowest BCUT2D eigenvalue weighted by Gasteiger charge is -2.33. The number of carbonyl (C=O) groups is 1. The number of allylic oxidation sites excluding steroid dienone is 1. The molecule has 1 unspecified atom stereocenters. The van der Waals surface area contributed by atoms with Crippen molar-refractivity contribution < 1.29 is 9.90 Å². The van der Waals surface area contributed by atoms with Gasteiger partial charge in [-0.15, -0.1) is 12.4 Å². The third-order valence-corrected chi connectivity index (χ3v) is 3.13. The first-order valence-corrected chi connectivity index (χ1v) is 4.76. The monoisotopic (exact) mass is 239 g/mol. The number of halogens is 2. The minimum atomic E-state index is -0.834. The van der Waals surface area contributed by atoms with E-state index in [0.717, 1.165) is 19.3 Å². The zero-order valence-electron chi connectivity index (χ0n) is 7.83. The molecule has 3 nitrogen and oxygen atoms in total. The minimum absolute atomic E-state index is 0. The van der Waals surface area contributed by atoms with Gasteiger partial charge in [0.25, 0.3) is 0 Å². The average Bonchev–Trinajstić information content (AvgIpc) is 2.08. The van der Waals surface area contributed by atoms with Crippen LogP contribution in [-0.2, 0) is 4.79 Å². The molecule has 1 atom stereocenters. The van der Waals surface area contributed by atoms with Crippen molar-refractivity contribution in [1.29, 1.82) is 0 Å². The Hall–Kier alpha value is -0.250. The topological polar surface area (TPSA) is 63.3 Å². The van der Waals surface area contributed by atoms with Crippen molar-refractivity contribution in [2.24, 2.45) is 11.1 Å². The van der Waals surface area contributed by atoms with Gasteiger partial charge in [-0.2, -0.15) is 0 Å². The second kappa shape index (κ2) is 5.59. The van der Waals surface area contributed by atoms with Crippen LogP contribution in [0, 0.1) is 5.41 Å². The molecule has 14 heavy (non-hydrogen) atoms. The van der Waals surface area contributed by atoms with E-state index in [1.807, 2.05) is 6.08 Å². The van der Waals surface area contributed by atoms with E-state index in [-0.39, 0.29) is 18.8 Å². The minimum Gasteiger partial charge on any atom is -0.481 e. The lowest BCUT2D eigenvalue weighted by molar-refractivity contribution is -0.139. The molecule has 0 fully saturated rings. The van der Waals surface area contributed by atoms with Gasteiger partial charge in [0.2, 0.25) is 0 Å². The van der Waals surface area contributed by atoms with Gasteiger partial charge in [0, 0.05) is 17.0 Å². The smallest absolute Gasteiger partial charge is 0.304 e. The van der Waals surface area contributed by atoms with E-state index in [4.69, 9.17) is 22.4 Å². The van der Waals surface area contributed by atoms with Crippen LogP contribution in [-0.4, -0.2) is 17.6 Å². The van der Waals surface area contributed by atoms with Gasteiger partial charge in [0.05, 0.1) is 6.42 Å². The van der Waals surface area contributed by atoms with E-state index < -0.39 is 11.4 Å². The molecule has 0 spiro atoms. The first-order chi connectivity index (χ1) is 6.10. The molecule has 1 aliphatic rings. The Kier molecular flexibility index (Phi) is 5.49. The van der Waals surface area contributed by atoms with Crippen LogP contribution in [0.25, 0.3) is 0 Å². The molecule has 0 saturated carbocycles. The highest BCUT2D eigenvalue weighted by Gasteiger charge is 2.35. The predicted molar refractivity (Wildman–Crippen MR) is 58.8 cm³/mol. The fourth-order valence-corrected chi connectivity index (χ4v) is 2.09. The number of aliphatic carboxylic acids is 1. The third kappa shape index (κ3) is 2.87. The molecule has 0 radical (unpaired) electrons. The fourth-order valence-electron chi connectivity index (χ4n) is 1.74. The summed E-state index contributed by atoms with van der Waals surface area (Å²) in [5.74, 6) is -0.834. The molecule has 0 aromatic carbocycles. The van der Waals surface area contributed by atoms with E-state index in [2.05, 4.69) is 0 Å². The number of hydrogen-bond donors (Lipinski definition) is 2. The third-order valence-electron chi connectivity index (χ3n) is 2.57. The summed E-state index contributed by atoms with van der Waals surface area (Å²) in [4.78, 5) is 10.6. The molecule has 1 aliphatic carbocycles. The summed E-state index contributed by atoms with van der Waals surface area (Å²) in [6, 6.07) is 0. The highest BCUT2D eigenvalue weighted by Crippen LogP contribution is 2.41. The SMILES string of the molecule is Cl.NCC1(CC(=O)O)CCCC=C1Cl. The number of carboxylic acid groups (broad SMARTS) is 1. The molecule has 0 bridgehead atoms. The molecule has 0 aliphatic heterocycles. The van der Waals surface area contributed by atoms with E-state index in [9.17, 15) is 4.79 Å². The molecule has 0 aromatic heterocycles. The summed E-state index contributed by atoms with van der Waals surface area (Å²) in [6.07, 6.45) is 4.62. The predicted octanol–water partition coefficient (Wildman–Crippen LogP) is 2.13. The molecule has 3 N–H and O–H groups in total. The van der Waals surface area contributed by atoms with Crippen LogP contribution in [0.2, 0.25) is 0 Å². The highest BCUT2D eigenvalue weighted by molar-refractivity contribution is 6.30. The second-order valence-electron chi connectivity index (χ2n) is 3.50. The van der Waals surface area contributed by atoms with Crippen molar-refractivity contribution in [2.45, 2.75) is 25.7 Å². The molecule has 0 amide bonds. The lowest BCUT2D eigenvalue weighted by atomic mass is 9.76. The maximum Gasteiger partial charge on any atom is 0.304 e. The Bertz CT molecular complexity index is 243. The first kappa shape index (κ1) is 13.8. The Morgan fingerprint density at radius 3 is 2.79 bits per heavy atom. The molecule has 0 heterocycles. The van der Waals surface area contributed by atoms with Gasteiger partial charge in [0.1, 0.15) is 0 Å². The normalized spacial score (nSPS) is 26.3. The summed E-state index contributed by atoms with van der Waals surface area (Å²) in [7, 11) is 0. The second-order valence-corrected chi connectivity index (χ2v) is 3.91. The molecule has 0 saturated heterocycles. The Morgan fingerprint density at radius 2 is 2.36 bits per heavy atom. The number of hydrogen-bond acceptors (Lipinski definition) is 2. The van der Waals surface area contributed by atoms with Gasteiger partial charge in [-0.1, -0.05) is 17.7 Å². The van der Waals surface area contributed by atoms with Gasteiger partial charge in [-0.05, 0) is 19.3 Å². The Balaban J connectivity index is 0.00000169. The molecular weight excluding hydrogens is 225 g/mol. The van der Waals surface area contributed by atoms with E-state index in [1.54, 1.807) is 0 Å². The van der Waals surface area contributed by atoms with Crippen LogP contribution < -0.4 is 5.73 Å². The number of carboxylic acids is 1. The Labute approximate surface area is 94.7 Å². The number of nitrogens with two attached hydrogens (primary N) is 1. The standard InChI is InChI=1S/C9H14ClNO2.ClH/c10-7-3-1-2-4-9(7,6-11)5-8(12)13;/h3H,1-2,4-6,11H2,(H,12,13);1H. The summed E-state index contributed by atoms with van der Waals surface area (Å²) < 4.78 is 0. The summed E-state index contributed by atoms with van der Waals surface area (Å²) in [5.41, 5.74) is 5.09. The van der Waals surface area contributed by atoms with Crippen LogP contribution in [0.3, 0.4) is 0 Å². The Morgan fingerprint density at radius 1 is 1.71 bits per heavy atom. The quantitative estimate of drug-likeness (QED) is 0.794. The van der Waals surface area contributed by atoms with Crippen molar-refractivity contribution in [3.63, 3.8) is 0 Å². The van der Waals surface area contributed by atoms with Crippen LogP contribution in [0.5, 0.6) is 0 Å². The fraction of sp³-hybridized carbons (Fsp3) is 0.667. The van der Waals surface area contributed by atoms with Crippen molar-refractivity contribution in [3.05, 3.63) is 11.1 Å². The maximum absolute atomic E-state index is 10.6. The van der Waals surface area contributed by atoms with E-state index in [0.29, 0.717) is 11.6 Å². The van der Waals surface area contributed by atoms with Crippen LogP contribution in [0.15, 0.2) is 11.1 Å². The van der Waals surface area contributed by atoms with Gasteiger partial charge < -0.3 is 10.8 Å². The summed E-state index contributed by atoms with van der Waals surface area (Å²) >= 11 is 6.00. The van der Waals surface area contributed by atoms with Crippen LogP contribution in [0.4, 0.5) is 0 Å². The van der Waals surface area contributed by atoms with Gasteiger partial charge in [-0.3, -0.25) is 4.79 Å². The molecule has 0 aromatic rings. The first-order valence-electron chi connectivity index (χ1n) is 4.39. The number of rotatable bonds is 3. The molecule has 1 rings (SSSR count). The van der Waals surface area contributed by atoms with E-state index in [1.165, 1.54) is 0 Å². The van der Waals surface area contributed by atoms with Crippen molar-refractivity contribution in [1.82, 2.24) is 0 Å². The zero-order chi connectivity index (χ0) is 9.90. The van der Waals surface area contributed by atoms with Crippen LogP contribution >= 0.6 is 24.0 Å². The molecular formula is C9H15Cl2NO2. The zero-order valence-corrected chi connectivity index (χ0v) is 9.40. The maximum atomic E-state index is 10.6. The van der Waals surface area contributed by atoms with E-state index >= 15 is 0 Å². The highest BCUT2D eigenvalue weighted by atomic mass is 35.5. The average molecular weight is 240 g/mol. The van der Waals surface area contributed by atoms with Crippen molar-refractivity contribution >= 4 is 30.0 Å². The van der Waals surface area contributed by atoms with Crippen molar-refractivity contribution in [2.75, 3.05) is 6.54 Å². The van der Waals surface area contributed by atoms with Gasteiger partial charge >= 0.3 is 5.97 Å². The lowest BCUT2D eigenvalue weighted by Crippen LogP contribution is -2.35. The van der Waals surface area contributed by atoms with Gasteiger partial charge in [-0.25, -0.2) is 0 Å². The molecule has 5 heteroatoms. The van der Waals surface area contributed by atoms with Crippen molar-refractivity contribution in [3.8, 4) is 0 Å².